The molecule has 0 unspecified atom stereocenters. The number of carbonyl (C=O) groups is 1. The third kappa shape index (κ3) is 7.63. The lowest BCUT2D eigenvalue weighted by Gasteiger charge is -2.31. The number of pyridine rings is 1. The van der Waals surface area contributed by atoms with E-state index in [1.165, 1.54) is 6.07 Å². The molecular weight excluding hydrogens is 662 g/mol. The summed E-state index contributed by atoms with van der Waals surface area (Å²) in [6, 6.07) is 8.22. The Kier molecular flexibility index (Phi) is 10.9. The third-order valence-electron chi connectivity index (χ3n) is 10.3. The molecule has 0 saturated carbocycles. The van der Waals surface area contributed by atoms with Crippen LogP contribution in [0.25, 0.3) is 32.9 Å². The smallest absolute Gasteiger partial charge is 0.410 e. The van der Waals surface area contributed by atoms with E-state index in [-0.39, 0.29) is 46.2 Å². The minimum absolute atomic E-state index is 0.00235. The molecule has 0 bridgehead atoms. The number of nitrogens with zero attached hydrogens (tertiary/aromatic N) is 5. The van der Waals surface area contributed by atoms with Crippen LogP contribution in [0.3, 0.4) is 0 Å². The van der Waals surface area contributed by atoms with E-state index in [4.69, 9.17) is 26.6 Å². The number of carbonyl (C=O) groups excluding carboxylic acids is 1. The molecule has 0 spiro atoms. The maximum absolute atomic E-state index is 16.9. The van der Waals surface area contributed by atoms with Gasteiger partial charge in [0.25, 0.3) is 0 Å². The normalized spacial score (nSPS) is 16.2. The van der Waals surface area contributed by atoms with Gasteiger partial charge in [-0.15, -0.1) is 6.42 Å². The van der Waals surface area contributed by atoms with Crippen LogP contribution in [0.2, 0.25) is 0 Å². The van der Waals surface area contributed by atoms with E-state index in [1.807, 2.05) is 27.7 Å². The third-order valence-corrected chi connectivity index (χ3v) is 10.3. The number of rotatable bonds is 12. The fraction of sp³-hybridized carbons (Fsp3) is 0.512. The molecule has 2 aliphatic heterocycles. The second-order valence-electron chi connectivity index (χ2n) is 15.4. The number of hydrogen-bond donors (Lipinski definition) is 1. The molecule has 2 aliphatic rings. The lowest BCUT2D eigenvalue weighted by Crippen LogP contribution is -2.43. The van der Waals surface area contributed by atoms with Gasteiger partial charge < -0.3 is 20.1 Å². The lowest BCUT2D eigenvalue weighted by atomic mass is 9.95. The zero-order valence-corrected chi connectivity index (χ0v) is 31.0. The van der Waals surface area contributed by atoms with Gasteiger partial charge in [0.15, 0.2) is 5.82 Å². The van der Waals surface area contributed by atoms with Crippen LogP contribution in [0.5, 0.6) is 6.01 Å². The van der Waals surface area contributed by atoms with E-state index in [2.05, 4.69) is 27.7 Å². The van der Waals surface area contributed by atoms with Crippen LogP contribution in [0.4, 0.5) is 19.4 Å². The Morgan fingerprint density at radius 1 is 1.12 bits per heavy atom. The first-order chi connectivity index (χ1) is 24.8. The van der Waals surface area contributed by atoms with Crippen LogP contribution in [-0.2, 0) is 11.2 Å². The first-order valence-corrected chi connectivity index (χ1v) is 18.5. The Hall–Kier alpha value is -4.56. The zero-order chi connectivity index (χ0) is 37.2. The molecule has 2 fully saturated rings. The first kappa shape index (κ1) is 37.2. The zero-order valence-electron chi connectivity index (χ0n) is 31.0. The number of anilines is 1. The molecule has 9 nitrogen and oxygen atoms in total. The van der Waals surface area contributed by atoms with E-state index in [9.17, 15) is 4.79 Å². The molecule has 0 radical (unpaired) electrons. The van der Waals surface area contributed by atoms with Gasteiger partial charge in [-0.2, -0.15) is 9.97 Å². The molecule has 2 saturated heterocycles. The molecule has 4 heterocycles. The fourth-order valence-electron chi connectivity index (χ4n) is 7.97. The van der Waals surface area contributed by atoms with Crippen molar-refractivity contribution in [2.24, 2.45) is 5.92 Å². The van der Waals surface area contributed by atoms with E-state index < -0.39 is 17.2 Å². The molecular formula is C41H50F2N6O3. The van der Waals surface area contributed by atoms with Crippen molar-refractivity contribution in [3.63, 3.8) is 0 Å². The number of fused-ring (bicyclic) bond motifs is 3. The number of nitrogen functional groups attached to an aromatic ring is 1. The van der Waals surface area contributed by atoms with Crippen molar-refractivity contribution in [1.29, 1.82) is 0 Å². The Morgan fingerprint density at radius 2 is 1.87 bits per heavy atom. The van der Waals surface area contributed by atoms with Crippen molar-refractivity contribution < 1.29 is 23.0 Å². The van der Waals surface area contributed by atoms with E-state index >= 15 is 8.78 Å². The fourth-order valence-corrected chi connectivity index (χ4v) is 7.97. The summed E-state index contributed by atoms with van der Waals surface area (Å²) >= 11 is 0. The highest BCUT2D eigenvalue weighted by Crippen LogP contribution is 2.40. The highest BCUT2D eigenvalue weighted by molar-refractivity contribution is 6.02. The molecule has 52 heavy (non-hydrogen) atoms. The van der Waals surface area contributed by atoms with Crippen molar-refractivity contribution in [3.8, 4) is 29.6 Å². The van der Waals surface area contributed by atoms with Crippen LogP contribution in [0.1, 0.15) is 90.8 Å². The molecule has 6 rings (SSSR count). The molecule has 11 heteroatoms. The van der Waals surface area contributed by atoms with Gasteiger partial charge in [0.05, 0.1) is 22.2 Å². The molecule has 276 valence electrons. The number of hydrogen-bond acceptors (Lipinski definition) is 8. The highest BCUT2D eigenvalue weighted by atomic mass is 19.1. The molecule has 2 N–H and O–H groups in total. The predicted molar refractivity (Wildman–Crippen MR) is 201 cm³/mol. The monoisotopic (exact) mass is 712 g/mol. The number of ether oxygens (including phenoxy) is 2. The number of nitrogens with two attached hydrogens (primary N) is 1. The molecule has 2 aromatic heterocycles. The summed E-state index contributed by atoms with van der Waals surface area (Å²) < 4.78 is 43.8. The van der Waals surface area contributed by atoms with Gasteiger partial charge in [0.1, 0.15) is 35.1 Å². The topological polar surface area (TPSA) is 107 Å². The van der Waals surface area contributed by atoms with Crippen molar-refractivity contribution in [3.05, 3.63) is 53.2 Å². The standard InChI is InChI=1S/C41H50F2N6O3/c1-7-21-48(39(50)52-40(4,5)6)24-26(3)13-9-16-31-33-36(46-38(47-37(33)44)51-25-41-19-11-22-49(41)23-12-20-41)34(43)35(45-31)29-15-10-14-27-17-18-30(42)28(8-2)32(27)29/h2,10,14-15,17-18,26H,7,9,11-13,16,19-25H2,1,3-6H3,(H2,44,46,47)/t26-/m1/s1. The average Bonchev–Trinajstić information content (AvgIpc) is 3.68. The van der Waals surface area contributed by atoms with Gasteiger partial charge in [-0.25, -0.2) is 18.6 Å². The highest BCUT2D eigenvalue weighted by Gasteiger charge is 2.45. The maximum atomic E-state index is 16.9. The van der Waals surface area contributed by atoms with Gasteiger partial charge in [0.2, 0.25) is 0 Å². The van der Waals surface area contributed by atoms with Crippen LogP contribution < -0.4 is 10.5 Å². The summed E-state index contributed by atoms with van der Waals surface area (Å²) in [4.78, 5) is 31.1. The van der Waals surface area contributed by atoms with Crippen LogP contribution in [-0.4, -0.2) is 74.8 Å². The van der Waals surface area contributed by atoms with Crippen LogP contribution in [0, 0.1) is 29.9 Å². The number of amides is 1. The maximum Gasteiger partial charge on any atom is 0.410 e. The molecule has 1 amide bonds. The number of benzene rings is 2. The number of halogens is 2. The minimum atomic E-state index is -0.708. The number of terminal acetylenes is 1. The number of aryl methyl sites for hydroxylation is 1. The summed E-state index contributed by atoms with van der Waals surface area (Å²) in [6.07, 6.45) is 12.4. The van der Waals surface area contributed by atoms with Crippen molar-refractivity contribution >= 4 is 33.6 Å². The largest absolute Gasteiger partial charge is 0.461 e. The Morgan fingerprint density at radius 3 is 2.56 bits per heavy atom. The Labute approximate surface area is 305 Å². The summed E-state index contributed by atoms with van der Waals surface area (Å²) in [5, 5.41) is 1.38. The molecule has 4 aromatic rings. The van der Waals surface area contributed by atoms with E-state index in [0.29, 0.717) is 60.0 Å². The van der Waals surface area contributed by atoms with Gasteiger partial charge >= 0.3 is 12.1 Å². The van der Waals surface area contributed by atoms with E-state index in [0.717, 1.165) is 51.6 Å². The lowest BCUT2D eigenvalue weighted by molar-refractivity contribution is 0.0221. The summed E-state index contributed by atoms with van der Waals surface area (Å²) in [7, 11) is 0. The van der Waals surface area contributed by atoms with Crippen molar-refractivity contribution in [2.45, 2.75) is 97.1 Å². The van der Waals surface area contributed by atoms with Crippen LogP contribution >= 0.6 is 0 Å². The Bertz CT molecular complexity index is 2000. The Balaban J connectivity index is 1.35. The predicted octanol–water partition coefficient (Wildman–Crippen LogP) is 8.30. The van der Waals surface area contributed by atoms with Gasteiger partial charge in [0, 0.05) is 24.0 Å². The van der Waals surface area contributed by atoms with Crippen molar-refractivity contribution in [1.82, 2.24) is 24.8 Å². The molecule has 2 aromatic carbocycles. The number of aromatic nitrogens is 3. The minimum Gasteiger partial charge on any atom is -0.461 e. The summed E-state index contributed by atoms with van der Waals surface area (Å²) in [5.41, 5.74) is 6.86. The second kappa shape index (κ2) is 15.2. The van der Waals surface area contributed by atoms with Crippen LogP contribution in [0.15, 0.2) is 30.3 Å². The van der Waals surface area contributed by atoms with Crippen molar-refractivity contribution in [2.75, 3.05) is 38.5 Å². The quantitative estimate of drug-likeness (QED) is 0.146. The average molecular weight is 713 g/mol. The van der Waals surface area contributed by atoms with Gasteiger partial charge in [-0.1, -0.05) is 44.0 Å². The summed E-state index contributed by atoms with van der Waals surface area (Å²) in [6.45, 7) is 13.3. The summed E-state index contributed by atoms with van der Waals surface area (Å²) in [5.74, 6) is 1.40. The second-order valence-corrected chi connectivity index (χ2v) is 15.4. The molecule has 1 atom stereocenters. The molecule has 0 aliphatic carbocycles. The van der Waals surface area contributed by atoms with Gasteiger partial charge in [-0.3, -0.25) is 4.90 Å². The SMILES string of the molecule is C#Cc1c(F)ccc2cccc(-c3nc(CCC[C@@H](C)CN(CCC)C(=O)OC(C)(C)C)c4c(N)nc(OCC56CCCN5CCC6)nc4c3F)c12. The first-order valence-electron chi connectivity index (χ1n) is 18.5. The van der Waals surface area contributed by atoms with Gasteiger partial charge in [-0.05, 0) is 103 Å². The van der Waals surface area contributed by atoms with E-state index in [1.54, 1.807) is 29.2 Å².